The minimum Gasteiger partial charge on any atom is -0.493 e. The van der Waals surface area contributed by atoms with E-state index < -0.39 is 24.3 Å². The molecule has 0 aliphatic heterocycles. The fraction of sp³-hybridized carbons (Fsp3) is 0.250. The van der Waals surface area contributed by atoms with Crippen molar-refractivity contribution in [3.8, 4) is 11.5 Å². The van der Waals surface area contributed by atoms with E-state index in [1.165, 1.54) is 49.6 Å². The molecule has 0 radical (unpaired) electrons. The lowest BCUT2D eigenvalue weighted by Gasteiger charge is -2.10. The number of hydrogen-bond acceptors (Lipinski definition) is 3. The topological polar surface area (TPSA) is 47.6 Å². The fourth-order valence-electron chi connectivity index (χ4n) is 2.40. The number of benzene rings is 2. The smallest absolute Gasteiger partial charge is 0.416 e. The Morgan fingerprint density at radius 1 is 1.10 bits per heavy atom. The summed E-state index contributed by atoms with van der Waals surface area (Å²) >= 11 is 0. The molecule has 0 spiro atoms. The number of amides is 1. The Labute approximate surface area is 163 Å². The number of carbonyl (C=O) groups excluding carboxylic acids is 1. The molecule has 4 nitrogen and oxygen atoms in total. The van der Waals surface area contributed by atoms with Gasteiger partial charge in [-0.05, 0) is 47.9 Å². The van der Waals surface area contributed by atoms with Crippen molar-refractivity contribution >= 4 is 12.0 Å². The van der Waals surface area contributed by atoms with Gasteiger partial charge < -0.3 is 14.8 Å². The third-order valence-corrected chi connectivity index (χ3v) is 3.83. The lowest BCUT2D eigenvalue weighted by molar-refractivity contribution is -0.137. The van der Waals surface area contributed by atoms with Crippen LogP contribution in [0.15, 0.2) is 48.5 Å². The highest BCUT2D eigenvalue weighted by atomic mass is 19.4. The first kappa shape index (κ1) is 22.2. The van der Waals surface area contributed by atoms with E-state index in [-0.39, 0.29) is 18.0 Å². The standard InChI is InChI=1S/C20H18F5NO3/c1-28-17-12-14(4-8-16(17)29-19(21)22)5-9-18(27)26-11-10-13-2-6-15(7-3-13)20(23,24)25/h2-9,12,19H,10-11H2,1H3,(H,26,27)/b9-5+. The molecular formula is C20H18F5NO3. The van der Waals surface area contributed by atoms with Gasteiger partial charge in [-0.1, -0.05) is 18.2 Å². The molecule has 29 heavy (non-hydrogen) atoms. The summed E-state index contributed by atoms with van der Waals surface area (Å²) in [5.41, 5.74) is 0.455. The van der Waals surface area contributed by atoms with E-state index in [4.69, 9.17) is 4.74 Å². The highest BCUT2D eigenvalue weighted by Crippen LogP contribution is 2.30. The SMILES string of the molecule is COc1cc(/C=C/C(=O)NCCc2ccc(C(F)(F)F)cc2)ccc1OC(F)F. The number of alkyl halides is 5. The Morgan fingerprint density at radius 3 is 2.38 bits per heavy atom. The van der Waals surface area contributed by atoms with Crippen molar-refractivity contribution in [1.82, 2.24) is 5.32 Å². The predicted molar refractivity (Wildman–Crippen MR) is 96.8 cm³/mol. The number of carbonyl (C=O) groups is 1. The van der Waals surface area contributed by atoms with Crippen LogP contribution in [0.1, 0.15) is 16.7 Å². The molecule has 0 heterocycles. The van der Waals surface area contributed by atoms with Crippen molar-refractivity contribution in [2.75, 3.05) is 13.7 Å². The van der Waals surface area contributed by atoms with Gasteiger partial charge >= 0.3 is 12.8 Å². The van der Waals surface area contributed by atoms with E-state index in [1.807, 2.05) is 0 Å². The van der Waals surface area contributed by atoms with Crippen LogP contribution in [-0.4, -0.2) is 26.2 Å². The second kappa shape index (κ2) is 9.90. The van der Waals surface area contributed by atoms with E-state index in [1.54, 1.807) is 0 Å². The molecule has 1 amide bonds. The van der Waals surface area contributed by atoms with E-state index in [9.17, 15) is 26.7 Å². The normalized spacial score (nSPS) is 11.7. The van der Waals surface area contributed by atoms with Crippen LogP contribution in [0.3, 0.4) is 0 Å². The zero-order chi connectivity index (χ0) is 21.4. The number of rotatable bonds is 8. The Morgan fingerprint density at radius 2 is 1.79 bits per heavy atom. The molecule has 0 fully saturated rings. The molecule has 156 valence electrons. The third-order valence-electron chi connectivity index (χ3n) is 3.83. The van der Waals surface area contributed by atoms with E-state index >= 15 is 0 Å². The molecule has 0 atom stereocenters. The summed E-state index contributed by atoms with van der Waals surface area (Å²) in [6.45, 7) is -2.75. The summed E-state index contributed by atoms with van der Waals surface area (Å²) < 4.78 is 71.5. The molecule has 0 aromatic heterocycles. The van der Waals surface area contributed by atoms with Gasteiger partial charge in [-0.15, -0.1) is 0 Å². The number of nitrogens with one attached hydrogen (secondary N) is 1. The minimum absolute atomic E-state index is 0.0927. The maximum Gasteiger partial charge on any atom is 0.416 e. The number of methoxy groups -OCH3 is 1. The monoisotopic (exact) mass is 415 g/mol. The Kier molecular flexibility index (Phi) is 7.58. The molecule has 2 aromatic carbocycles. The Hall–Kier alpha value is -3.10. The highest BCUT2D eigenvalue weighted by Gasteiger charge is 2.29. The van der Waals surface area contributed by atoms with Crippen molar-refractivity contribution in [2.24, 2.45) is 0 Å². The number of hydrogen-bond donors (Lipinski definition) is 1. The van der Waals surface area contributed by atoms with Crippen molar-refractivity contribution in [1.29, 1.82) is 0 Å². The van der Waals surface area contributed by atoms with Gasteiger partial charge in [0.2, 0.25) is 5.91 Å². The zero-order valence-corrected chi connectivity index (χ0v) is 15.3. The van der Waals surface area contributed by atoms with Crippen molar-refractivity contribution in [3.05, 3.63) is 65.2 Å². The molecule has 0 saturated heterocycles. The van der Waals surface area contributed by atoms with Gasteiger partial charge in [0, 0.05) is 12.6 Å². The summed E-state index contributed by atoms with van der Waals surface area (Å²) in [4.78, 5) is 11.9. The summed E-state index contributed by atoms with van der Waals surface area (Å²) in [6.07, 6.45) is -1.31. The predicted octanol–water partition coefficient (Wildman–Crippen LogP) is 4.69. The fourth-order valence-corrected chi connectivity index (χ4v) is 2.40. The number of halogens is 5. The molecule has 0 unspecified atom stereocenters. The van der Waals surface area contributed by atoms with Crippen LogP contribution in [0.5, 0.6) is 11.5 Å². The first-order chi connectivity index (χ1) is 13.7. The average molecular weight is 415 g/mol. The Bertz CT molecular complexity index is 848. The molecule has 1 N–H and O–H groups in total. The molecule has 0 aliphatic carbocycles. The highest BCUT2D eigenvalue weighted by molar-refractivity contribution is 5.91. The quantitative estimate of drug-likeness (QED) is 0.503. The molecule has 0 aliphatic rings. The molecule has 2 rings (SSSR count). The van der Waals surface area contributed by atoms with E-state index in [0.29, 0.717) is 17.5 Å². The summed E-state index contributed by atoms with van der Waals surface area (Å²) in [5.74, 6) is -0.445. The largest absolute Gasteiger partial charge is 0.493 e. The van der Waals surface area contributed by atoms with Crippen molar-refractivity contribution in [2.45, 2.75) is 19.2 Å². The first-order valence-corrected chi connectivity index (χ1v) is 8.44. The van der Waals surface area contributed by atoms with Crippen LogP contribution in [-0.2, 0) is 17.4 Å². The molecule has 2 aromatic rings. The lowest BCUT2D eigenvalue weighted by Crippen LogP contribution is -2.23. The average Bonchev–Trinajstić information content (AvgIpc) is 2.66. The first-order valence-electron chi connectivity index (χ1n) is 8.44. The van der Waals surface area contributed by atoms with Crippen molar-refractivity contribution < 1.29 is 36.2 Å². The minimum atomic E-state index is -4.38. The van der Waals surface area contributed by atoms with E-state index in [0.717, 1.165) is 12.1 Å². The van der Waals surface area contributed by atoms with Gasteiger partial charge in [-0.2, -0.15) is 22.0 Å². The van der Waals surface area contributed by atoms with E-state index in [2.05, 4.69) is 10.1 Å². The molecule has 9 heteroatoms. The van der Waals surface area contributed by atoms with Crippen molar-refractivity contribution in [3.63, 3.8) is 0 Å². The summed E-state index contributed by atoms with van der Waals surface area (Å²) in [5, 5.41) is 2.61. The van der Waals surface area contributed by atoms with Gasteiger partial charge in [0.25, 0.3) is 0 Å². The van der Waals surface area contributed by atoms with Crippen LogP contribution in [0, 0.1) is 0 Å². The summed E-state index contributed by atoms with van der Waals surface area (Å²) in [7, 11) is 1.30. The van der Waals surface area contributed by atoms with Crippen LogP contribution in [0.2, 0.25) is 0 Å². The summed E-state index contributed by atoms with van der Waals surface area (Å²) in [6, 6.07) is 8.92. The molecule has 0 bridgehead atoms. The zero-order valence-electron chi connectivity index (χ0n) is 15.3. The molecular weight excluding hydrogens is 397 g/mol. The lowest BCUT2D eigenvalue weighted by atomic mass is 10.1. The Balaban J connectivity index is 1.86. The number of ether oxygens (including phenoxy) is 2. The maximum atomic E-state index is 12.5. The van der Waals surface area contributed by atoms with Crippen LogP contribution in [0.4, 0.5) is 22.0 Å². The van der Waals surface area contributed by atoms with Crippen LogP contribution < -0.4 is 14.8 Å². The van der Waals surface area contributed by atoms with Crippen LogP contribution in [0.25, 0.3) is 6.08 Å². The van der Waals surface area contributed by atoms with Gasteiger partial charge in [0.15, 0.2) is 11.5 Å². The van der Waals surface area contributed by atoms with Crippen LogP contribution >= 0.6 is 0 Å². The maximum absolute atomic E-state index is 12.5. The third kappa shape index (κ3) is 7.10. The van der Waals surface area contributed by atoms with Gasteiger partial charge in [0.05, 0.1) is 12.7 Å². The van der Waals surface area contributed by atoms with Gasteiger partial charge in [-0.25, -0.2) is 0 Å². The van der Waals surface area contributed by atoms with Gasteiger partial charge in [0.1, 0.15) is 0 Å². The molecule has 0 saturated carbocycles. The van der Waals surface area contributed by atoms with Gasteiger partial charge in [-0.3, -0.25) is 4.79 Å². The second-order valence-corrected chi connectivity index (χ2v) is 5.86. The second-order valence-electron chi connectivity index (χ2n) is 5.86.